The van der Waals surface area contributed by atoms with Crippen LogP contribution in [0.5, 0.6) is 0 Å². The molecule has 1 aliphatic rings. The first-order valence-corrected chi connectivity index (χ1v) is 7.39. The van der Waals surface area contributed by atoms with E-state index in [0.717, 1.165) is 32.2 Å². The van der Waals surface area contributed by atoms with Gasteiger partial charge in [0.05, 0.1) is 12.7 Å². The summed E-state index contributed by atoms with van der Waals surface area (Å²) in [5, 5.41) is 0. The third-order valence-electron chi connectivity index (χ3n) is 3.42. The number of hydrogen-bond donors (Lipinski definition) is 0. The first-order valence-electron chi connectivity index (χ1n) is 7.39. The highest BCUT2D eigenvalue weighted by Gasteiger charge is 2.31. The second-order valence-corrected chi connectivity index (χ2v) is 5.67. The van der Waals surface area contributed by atoms with Crippen molar-refractivity contribution in [3.8, 4) is 0 Å². The molecule has 1 unspecified atom stereocenters. The molecule has 0 spiro atoms. The van der Waals surface area contributed by atoms with Crippen molar-refractivity contribution in [1.82, 2.24) is 0 Å². The van der Waals surface area contributed by atoms with Crippen LogP contribution in [0.1, 0.15) is 71.6 Å². The van der Waals surface area contributed by atoms with Crippen LogP contribution in [0.25, 0.3) is 0 Å². The van der Waals surface area contributed by atoms with Gasteiger partial charge in [0.15, 0.2) is 5.79 Å². The lowest BCUT2D eigenvalue weighted by molar-refractivity contribution is -0.139. The normalized spacial score (nSPS) is 22.2. The fourth-order valence-corrected chi connectivity index (χ4v) is 2.39. The van der Waals surface area contributed by atoms with Crippen LogP contribution in [0.3, 0.4) is 0 Å². The van der Waals surface area contributed by atoms with Crippen molar-refractivity contribution in [2.24, 2.45) is 0 Å². The maximum Gasteiger partial charge on any atom is 0.163 e. The third kappa shape index (κ3) is 7.12. The average Bonchev–Trinajstić information content (AvgIpc) is 2.67. The van der Waals surface area contributed by atoms with E-state index in [1.54, 1.807) is 0 Å². The molecule has 0 bridgehead atoms. The number of hydrogen-bond acceptors (Lipinski definition) is 3. The standard InChI is InChI=1S/C15H28O3/c1-15(2)17-13-14(18-15)11-9-7-5-3-4-6-8-10-12-16/h12,14H,3-11,13H2,1-2H3. The Kier molecular flexibility index (Phi) is 7.52. The molecular weight excluding hydrogens is 228 g/mol. The van der Waals surface area contributed by atoms with Crippen molar-refractivity contribution in [2.75, 3.05) is 6.61 Å². The highest BCUT2D eigenvalue weighted by molar-refractivity contribution is 5.48. The molecule has 0 aromatic carbocycles. The van der Waals surface area contributed by atoms with Crippen LogP contribution in [0.2, 0.25) is 0 Å². The van der Waals surface area contributed by atoms with E-state index in [1.807, 2.05) is 13.8 Å². The summed E-state index contributed by atoms with van der Waals surface area (Å²) in [7, 11) is 0. The summed E-state index contributed by atoms with van der Waals surface area (Å²) in [6, 6.07) is 0. The molecule has 1 aliphatic heterocycles. The minimum absolute atomic E-state index is 0.299. The second kappa shape index (κ2) is 8.65. The Balaban J connectivity index is 1.83. The fraction of sp³-hybridized carbons (Fsp3) is 0.933. The molecule has 0 N–H and O–H groups in total. The average molecular weight is 256 g/mol. The molecule has 3 heteroatoms. The molecule has 0 aromatic rings. The summed E-state index contributed by atoms with van der Waals surface area (Å²) in [4.78, 5) is 10.1. The molecule has 18 heavy (non-hydrogen) atoms. The van der Waals surface area contributed by atoms with Gasteiger partial charge in [-0.2, -0.15) is 0 Å². The Hall–Kier alpha value is -0.410. The van der Waals surface area contributed by atoms with Crippen LogP contribution >= 0.6 is 0 Å². The van der Waals surface area contributed by atoms with Crippen LogP contribution in [0.4, 0.5) is 0 Å². The SMILES string of the molecule is CC1(C)OCC(CCCCCCCCCC=O)O1. The number of rotatable bonds is 10. The maximum atomic E-state index is 10.1. The first-order chi connectivity index (χ1) is 8.64. The lowest BCUT2D eigenvalue weighted by Crippen LogP contribution is -2.21. The van der Waals surface area contributed by atoms with Crippen molar-refractivity contribution < 1.29 is 14.3 Å². The molecule has 1 heterocycles. The summed E-state index contributed by atoms with van der Waals surface area (Å²) in [5.74, 6) is -0.372. The van der Waals surface area contributed by atoms with Gasteiger partial charge in [0.1, 0.15) is 6.29 Å². The Morgan fingerprint density at radius 1 is 1.06 bits per heavy atom. The quantitative estimate of drug-likeness (QED) is 0.440. The van der Waals surface area contributed by atoms with Crippen molar-refractivity contribution in [3.05, 3.63) is 0 Å². The van der Waals surface area contributed by atoms with Crippen molar-refractivity contribution >= 4 is 6.29 Å². The lowest BCUT2D eigenvalue weighted by Gasteiger charge is -2.16. The zero-order valence-electron chi connectivity index (χ0n) is 12.0. The third-order valence-corrected chi connectivity index (χ3v) is 3.42. The zero-order valence-corrected chi connectivity index (χ0v) is 12.0. The first kappa shape index (κ1) is 15.6. The molecular formula is C15H28O3. The molecule has 1 fully saturated rings. The Bertz CT molecular complexity index is 226. The number of aldehydes is 1. The molecule has 1 rings (SSSR count). The topological polar surface area (TPSA) is 35.5 Å². The van der Waals surface area contributed by atoms with Gasteiger partial charge in [0.25, 0.3) is 0 Å². The van der Waals surface area contributed by atoms with Gasteiger partial charge in [0.2, 0.25) is 0 Å². The van der Waals surface area contributed by atoms with Gasteiger partial charge in [-0.3, -0.25) is 0 Å². The Labute approximate surface area is 111 Å². The van der Waals surface area contributed by atoms with E-state index in [9.17, 15) is 4.79 Å². The van der Waals surface area contributed by atoms with Crippen LogP contribution in [0, 0.1) is 0 Å². The monoisotopic (exact) mass is 256 g/mol. The molecule has 1 saturated heterocycles. The molecule has 0 radical (unpaired) electrons. The summed E-state index contributed by atoms with van der Waals surface area (Å²) >= 11 is 0. The van der Waals surface area contributed by atoms with Gasteiger partial charge < -0.3 is 14.3 Å². The number of unbranched alkanes of at least 4 members (excludes halogenated alkanes) is 7. The summed E-state index contributed by atoms with van der Waals surface area (Å²) in [5.41, 5.74) is 0. The predicted octanol–water partition coefficient (Wildman–Crippen LogP) is 3.85. The molecule has 3 nitrogen and oxygen atoms in total. The van der Waals surface area contributed by atoms with E-state index in [4.69, 9.17) is 9.47 Å². The van der Waals surface area contributed by atoms with Gasteiger partial charge in [-0.1, -0.05) is 38.5 Å². The van der Waals surface area contributed by atoms with Gasteiger partial charge >= 0.3 is 0 Å². The molecule has 0 aromatic heterocycles. The van der Waals surface area contributed by atoms with Crippen molar-refractivity contribution in [3.63, 3.8) is 0 Å². The van der Waals surface area contributed by atoms with Crippen LogP contribution < -0.4 is 0 Å². The number of carbonyl (C=O) groups excluding carboxylic acids is 1. The highest BCUT2D eigenvalue weighted by Crippen LogP contribution is 2.25. The predicted molar refractivity (Wildman–Crippen MR) is 72.5 cm³/mol. The van der Waals surface area contributed by atoms with Gasteiger partial charge in [-0.15, -0.1) is 0 Å². The van der Waals surface area contributed by atoms with Crippen LogP contribution in [-0.2, 0) is 14.3 Å². The molecule has 1 atom stereocenters. The largest absolute Gasteiger partial charge is 0.348 e. The Morgan fingerprint density at radius 3 is 2.22 bits per heavy atom. The molecule has 0 aliphatic carbocycles. The minimum atomic E-state index is -0.372. The molecule has 0 saturated carbocycles. The van der Waals surface area contributed by atoms with E-state index in [-0.39, 0.29) is 5.79 Å². The van der Waals surface area contributed by atoms with Crippen LogP contribution in [0.15, 0.2) is 0 Å². The fourth-order valence-electron chi connectivity index (χ4n) is 2.39. The van der Waals surface area contributed by atoms with Crippen molar-refractivity contribution in [1.29, 1.82) is 0 Å². The summed E-state index contributed by atoms with van der Waals surface area (Å²) in [6.07, 6.45) is 11.8. The maximum absolute atomic E-state index is 10.1. The lowest BCUT2D eigenvalue weighted by atomic mass is 10.1. The van der Waals surface area contributed by atoms with Crippen LogP contribution in [-0.4, -0.2) is 24.8 Å². The molecule has 0 amide bonds. The van der Waals surface area contributed by atoms with E-state index in [1.165, 1.54) is 38.5 Å². The van der Waals surface area contributed by atoms with Gasteiger partial charge in [0, 0.05) is 6.42 Å². The van der Waals surface area contributed by atoms with E-state index in [0.29, 0.717) is 6.10 Å². The second-order valence-electron chi connectivity index (χ2n) is 5.67. The number of carbonyl (C=O) groups is 1. The highest BCUT2D eigenvalue weighted by atomic mass is 16.7. The van der Waals surface area contributed by atoms with E-state index in [2.05, 4.69) is 0 Å². The minimum Gasteiger partial charge on any atom is -0.348 e. The summed E-state index contributed by atoms with van der Waals surface area (Å²) in [6.45, 7) is 4.71. The van der Waals surface area contributed by atoms with Gasteiger partial charge in [-0.25, -0.2) is 0 Å². The van der Waals surface area contributed by atoms with E-state index < -0.39 is 0 Å². The zero-order chi connectivity index (χ0) is 13.3. The Morgan fingerprint density at radius 2 is 1.67 bits per heavy atom. The van der Waals surface area contributed by atoms with E-state index >= 15 is 0 Å². The number of ether oxygens (including phenoxy) is 2. The smallest absolute Gasteiger partial charge is 0.163 e. The summed E-state index contributed by atoms with van der Waals surface area (Å²) < 4.78 is 11.3. The van der Waals surface area contributed by atoms with Gasteiger partial charge in [-0.05, 0) is 26.7 Å². The molecule has 106 valence electrons. The van der Waals surface area contributed by atoms with Crippen molar-refractivity contribution in [2.45, 2.75) is 83.5 Å².